The number of hydrogen-bond acceptors (Lipinski definition) is 2. The summed E-state index contributed by atoms with van der Waals surface area (Å²) in [5.41, 5.74) is 2.74. The molecule has 3 heterocycles. The number of nitrogens with zero attached hydrogens (tertiary/aromatic N) is 3. The van der Waals surface area contributed by atoms with Gasteiger partial charge in [0.25, 0.3) is 5.91 Å². The van der Waals surface area contributed by atoms with Crippen molar-refractivity contribution in [1.82, 2.24) is 14.5 Å². The van der Waals surface area contributed by atoms with Crippen LogP contribution in [0, 0.1) is 5.82 Å². The number of pyridine rings is 1. The molecule has 0 radical (unpaired) electrons. The van der Waals surface area contributed by atoms with Crippen molar-refractivity contribution in [3.05, 3.63) is 70.3 Å². The van der Waals surface area contributed by atoms with Crippen molar-refractivity contribution in [1.29, 1.82) is 0 Å². The van der Waals surface area contributed by atoms with Crippen LogP contribution in [-0.2, 0) is 6.42 Å². The summed E-state index contributed by atoms with van der Waals surface area (Å²) in [7, 11) is 0. The Bertz CT molecular complexity index is 953. The lowest BCUT2D eigenvalue weighted by Crippen LogP contribution is -2.39. The number of benzene rings is 1. The second-order valence-electron chi connectivity index (χ2n) is 5.98. The van der Waals surface area contributed by atoms with E-state index in [4.69, 9.17) is 11.6 Å². The fourth-order valence-corrected chi connectivity index (χ4v) is 3.47. The van der Waals surface area contributed by atoms with Crippen molar-refractivity contribution >= 4 is 23.0 Å². The first-order valence-electron chi connectivity index (χ1n) is 7.78. The lowest BCUT2D eigenvalue weighted by Gasteiger charge is -2.35. The van der Waals surface area contributed by atoms with Gasteiger partial charge in [-0.1, -0.05) is 23.7 Å². The Hall–Kier alpha value is -2.40. The van der Waals surface area contributed by atoms with Crippen LogP contribution in [0.4, 0.5) is 4.39 Å². The zero-order valence-corrected chi connectivity index (χ0v) is 13.8. The van der Waals surface area contributed by atoms with Gasteiger partial charge in [0.2, 0.25) is 0 Å². The van der Waals surface area contributed by atoms with Crippen LogP contribution in [0.5, 0.6) is 0 Å². The van der Waals surface area contributed by atoms with Gasteiger partial charge in [-0.15, -0.1) is 0 Å². The van der Waals surface area contributed by atoms with Crippen LogP contribution in [0.1, 0.15) is 34.6 Å². The van der Waals surface area contributed by atoms with E-state index in [-0.39, 0.29) is 17.8 Å². The number of carbonyl (C=O) groups is 1. The van der Waals surface area contributed by atoms with Gasteiger partial charge in [0.15, 0.2) is 5.69 Å². The highest BCUT2D eigenvalue weighted by atomic mass is 35.5. The minimum atomic E-state index is -0.200. The van der Waals surface area contributed by atoms with Crippen LogP contribution in [0.2, 0.25) is 5.02 Å². The monoisotopic (exact) mass is 343 g/mol. The van der Waals surface area contributed by atoms with Crippen molar-refractivity contribution in [2.45, 2.75) is 19.4 Å². The van der Waals surface area contributed by atoms with E-state index in [9.17, 15) is 9.18 Å². The normalized spacial score (nSPS) is 17.1. The molecule has 2 aromatic heterocycles. The molecule has 0 saturated heterocycles. The number of rotatable bonds is 1. The van der Waals surface area contributed by atoms with E-state index in [1.165, 1.54) is 6.07 Å². The molecule has 0 aliphatic carbocycles. The quantitative estimate of drug-likeness (QED) is 0.672. The van der Waals surface area contributed by atoms with Crippen LogP contribution in [0.3, 0.4) is 0 Å². The summed E-state index contributed by atoms with van der Waals surface area (Å²) in [6, 6.07) is 10.2. The number of fused-ring (bicyclic) bond motifs is 2. The third-order valence-corrected chi connectivity index (χ3v) is 4.80. The predicted molar refractivity (Wildman–Crippen MR) is 89.8 cm³/mol. The third kappa shape index (κ3) is 2.36. The molecule has 3 aromatic rings. The number of hydrogen-bond donors (Lipinski definition) is 0. The minimum absolute atomic E-state index is 0.155. The average molecular weight is 344 g/mol. The summed E-state index contributed by atoms with van der Waals surface area (Å²) >= 11 is 5.96. The summed E-state index contributed by atoms with van der Waals surface area (Å²) < 4.78 is 15.5. The highest BCUT2D eigenvalue weighted by Crippen LogP contribution is 2.31. The first-order chi connectivity index (χ1) is 11.5. The second-order valence-corrected chi connectivity index (χ2v) is 6.41. The van der Waals surface area contributed by atoms with E-state index in [1.54, 1.807) is 33.8 Å². The van der Waals surface area contributed by atoms with Crippen LogP contribution in [0.15, 0.2) is 42.6 Å². The van der Waals surface area contributed by atoms with E-state index in [1.807, 2.05) is 19.1 Å². The van der Waals surface area contributed by atoms with Gasteiger partial charge in [0, 0.05) is 12.7 Å². The van der Waals surface area contributed by atoms with E-state index in [0.717, 1.165) is 11.1 Å². The molecule has 4 nitrogen and oxygen atoms in total. The standard InChI is InChI=1S/C18H15ClFN3O/c1-11-14-3-2-4-16(20)15(14)7-8-22(11)18(24)17-9-13-6-5-12(19)10-23(13)21-17/h2-6,9-11H,7-8H2,1H3. The van der Waals surface area contributed by atoms with Gasteiger partial charge in [0.05, 0.1) is 16.6 Å². The van der Waals surface area contributed by atoms with Gasteiger partial charge >= 0.3 is 0 Å². The van der Waals surface area contributed by atoms with E-state index < -0.39 is 0 Å². The molecular formula is C18H15ClFN3O. The molecule has 0 N–H and O–H groups in total. The molecule has 0 bridgehead atoms. The SMILES string of the molecule is CC1c2cccc(F)c2CCN1C(=O)c1cc2ccc(Cl)cn2n1. The van der Waals surface area contributed by atoms with Crippen molar-refractivity contribution in [3.8, 4) is 0 Å². The molecular weight excluding hydrogens is 329 g/mol. The molecule has 1 aliphatic rings. The molecule has 0 spiro atoms. The van der Waals surface area contributed by atoms with E-state index in [0.29, 0.717) is 29.2 Å². The van der Waals surface area contributed by atoms with Gasteiger partial charge in [0.1, 0.15) is 5.82 Å². The molecule has 4 rings (SSSR count). The number of carbonyl (C=O) groups excluding carboxylic acids is 1. The summed E-state index contributed by atoms with van der Waals surface area (Å²) in [6.07, 6.45) is 2.18. The Kier molecular flexibility index (Phi) is 3.53. The number of halogens is 2. The molecule has 1 unspecified atom stereocenters. The smallest absolute Gasteiger partial charge is 0.274 e. The fraction of sp³-hybridized carbons (Fsp3) is 0.222. The van der Waals surface area contributed by atoms with Crippen LogP contribution in [-0.4, -0.2) is 27.0 Å². The van der Waals surface area contributed by atoms with Crippen molar-refractivity contribution in [2.24, 2.45) is 0 Å². The molecule has 1 aromatic carbocycles. The molecule has 1 aliphatic heterocycles. The summed E-state index contributed by atoms with van der Waals surface area (Å²) in [6.45, 7) is 2.39. The van der Waals surface area contributed by atoms with Crippen molar-refractivity contribution < 1.29 is 9.18 Å². The Labute approximate surface area is 143 Å². The van der Waals surface area contributed by atoms with E-state index in [2.05, 4.69) is 5.10 Å². The summed E-state index contributed by atoms with van der Waals surface area (Å²) in [4.78, 5) is 14.6. The lowest BCUT2D eigenvalue weighted by molar-refractivity contribution is 0.0669. The Morgan fingerprint density at radius 3 is 3.00 bits per heavy atom. The highest BCUT2D eigenvalue weighted by molar-refractivity contribution is 6.30. The van der Waals surface area contributed by atoms with Crippen LogP contribution in [0.25, 0.3) is 5.52 Å². The van der Waals surface area contributed by atoms with E-state index >= 15 is 0 Å². The maximum absolute atomic E-state index is 13.9. The Morgan fingerprint density at radius 2 is 2.17 bits per heavy atom. The van der Waals surface area contributed by atoms with Gasteiger partial charge in [-0.3, -0.25) is 4.79 Å². The fourth-order valence-electron chi connectivity index (χ4n) is 3.31. The van der Waals surface area contributed by atoms with Gasteiger partial charge in [-0.2, -0.15) is 5.10 Å². The van der Waals surface area contributed by atoms with Crippen molar-refractivity contribution in [3.63, 3.8) is 0 Å². The maximum atomic E-state index is 13.9. The topological polar surface area (TPSA) is 37.6 Å². The average Bonchev–Trinajstić information content (AvgIpc) is 2.98. The zero-order valence-electron chi connectivity index (χ0n) is 13.0. The first-order valence-corrected chi connectivity index (χ1v) is 8.15. The molecule has 122 valence electrons. The lowest BCUT2D eigenvalue weighted by atomic mass is 9.93. The third-order valence-electron chi connectivity index (χ3n) is 4.58. The largest absolute Gasteiger partial charge is 0.330 e. The predicted octanol–water partition coefficient (Wildman–Crippen LogP) is 3.89. The molecule has 6 heteroatoms. The minimum Gasteiger partial charge on any atom is -0.330 e. The Balaban J connectivity index is 1.69. The molecule has 24 heavy (non-hydrogen) atoms. The summed E-state index contributed by atoms with van der Waals surface area (Å²) in [5.74, 6) is -0.356. The molecule has 0 fully saturated rings. The van der Waals surface area contributed by atoms with Crippen LogP contribution < -0.4 is 0 Å². The molecule has 1 atom stereocenters. The van der Waals surface area contributed by atoms with Gasteiger partial charge in [-0.25, -0.2) is 8.91 Å². The van der Waals surface area contributed by atoms with Gasteiger partial charge in [-0.05, 0) is 48.7 Å². The van der Waals surface area contributed by atoms with Gasteiger partial charge < -0.3 is 4.90 Å². The van der Waals surface area contributed by atoms with Crippen LogP contribution >= 0.6 is 11.6 Å². The Morgan fingerprint density at radius 1 is 1.33 bits per heavy atom. The number of aromatic nitrogens is 2. The maximum Gasteiger partial charge on any atom is 0.274 e. The first kappa shape index (κ1) is 15.1. The molecule has 1 amide bonds. The highest BCUT2D eigenvalue weighted by Gasteiger charge is 2.30. The summed E-state index contributed by atoms with van der Waals surface area (Å²) in [5, 5.41) is 4.88. The number of amides is 1. The zero-order chi connectivity index (χ0) is 16.8. The molecule has 0 saturated carbocycles. The second kappa shape index (κ2) is 5.60. The van der Waals surface area contributed by atoms with Crippen molar-refractivity contribution in [2.75, 3.05) is 6.54 Å².